The first-order valence-electron chi connectivity index (χ1n) is 6.84. The van der Waals surface area contributed by atoms with E-state index in [-0.39, 0.29) is 0 Å². The minimum atomic E-state index is -4.16. The lowest BCUT2D eigenvalue weighted by Crippen LogP contribution is -2.30. The summed E-state index contributed by atoms with van der Waals surface area (Å²) in [5.41, 5.74) is 0.604. The predicted molar refractivity (Wildman–Crippen MR) is 77.4 cm³/mol. The van der Waals surface area contributed by atoms with Crippen molar-refractivity contribution in [1.82, 2.24) is 9.62 Å². The van der Waals surface area contributed by atoms with Gasteiger partial charge in [-0.2, -0.15) is 8.42 Å². The molecule has 2 aliphatic heterocycles. The third-order valence-corrected chi connectivity index (χ3v) is 5.37. The van der Waals surface area contributed by atoms with E-state index in [4.69, 9.17) is 0 Å². The van der Waals surface area contributed by atoms with Crippen LogP contribution in [0.25, 0.3) is 0 Å². The van der Waals surface area contributed by atoms with E-state index in [0.29, 0.717) is 34.8 Å². The monoisotopic (exact) mass is 329 g/mol. The molecule has 120 valence electrons. The van der Waals surface area contributed by atoms with Crippen LogP contribution in [-0.4, -0.2) is 51.0 Å². The number of rotatable bonds is 1. The second-order valence-corrected chi connectivity index (χ2v) is 7.13. The molecular formula is C13H16FN3O4S. The van der Waals surface area contributed by atoms with Crippen molar-refractivity contribution in [1.29, 1.82) is 0 Å². The zero-order valence-electron chi connectivity index (χ0n) is 12.0. The Morgan fingerprint density at radius 2 is 2.00 bits per heavy atom. The number of carbonyl (C=O) groups excluding carboxylic acids is 1. The standard InChI is InChI=1S/C13H16FN3O4S/c1-16-4-2-8-6-10(18)13(12(14)9(8)3-5-16)17-7-11(19)15-22(17,20)21/h6,18H,2-5,7H2,1H3,(H,15,19). The van der Waals surface area contributed by atoms with Crippen molar-refractivity contribution in [3.63, 3.8) is 0 Å². The fraction of sp³-hybridized carbons (Fsp3) is 0.462. The summed E-state index contributed by atoms with van der Waals surface area (Å²) in [5, 5.41) is 10.1. The molecule has 1 saturated heterocycles. The lowest BCUT2D eigenvalue weighted by atomic mass is 10.0. The molecule has 0 aliphatic carbocycles. The topological polar surface area (TPSA) is 89.9 Å². The summed E-state index contributed by atoms with van der Waals surface area (Å²) in [6.07, 6.45) is 0.987. The van der Waals surface area contributed by atoms with Crippen molar-refractivity contribution in [2.24, 2.45) is 0 Å². The molecule has 0 atom stereocenters. The van der Waals surface area contributed by atoms with Gasteiger partial charge in [-0.05, 0) is 37.1 Å². The average Bonchev–Trinajstić information content (AvgIpc) is 2.57. The Morgan fingerprint density at radius 1 is 1.32 bits per heavy atom. The lowest BCUT2D eigenvalue weighted by molar-refractivity contribution is -0.117. The average molecular weight is 329 g/mol. The van der Waals surface area contributed by atoms with Gasteiger partial charge in [0, 0.05) is 13.1 Å². The number of aromatic hydroxyl groups is 1. The summed E-state index contributed by atoms with van der Waals surface area (Å²) in [4.78, 5) is 13.3. The number of carbonyl (C=O) groups is 1. The van der Waals surface area contributed by atoms with Gasteiger partial charge >= 0.3 is 10.2 Å². The molecule has 1 aromatic carbocycles. The number of halogens is 1. The number of phenolic OH excluding ortho intramolecular Hbond substituents is 1. The van der Waals surface area contributed by atoms with Gasteiger partial charge < -0.3 is 10.0 Å². The molecule has 22 heavy (non-hydrogen) atoms. The van der Waals surface area contributed by atoms with E-state index in [9.17, 15) is 22.7 Å². The number of hydrogen-bond acceptors (Lipinski definition) is 5. The number of nitrogens with one attached hydrogen (secondary N) is 1. The first-order chi connectivity index (χ1) is 10.3. The molecule has 1 aromatic rings. The Balaban J connectivity index is 2.13. The van der Waals surface area contributed by atoms with Gasteiger partial charge in [-0.15, -0.1) is 0 Å². The summed E-state index contributed by atoms with van der Waals surface area (Å²) < 4.78 is 40.9. The smallest absolute Gasteiger partial charge is 0.326 e. The Labute approximate surface area is 127 Å². The number of benzene rings is 1. The number of fused-ring (bicyclic) bond motifs is 1. The van der Waals surface area contributed by atoms with Crippen LogP contribution in [0.5, 0.6) is 5.75 Å². The van der Waals surface area contributed by atoms with E-state index in [1.807, 2.05) is 11.9 Å². The van der Waals surface area contributed by atoms with E-state index in [0.717, 1.165) is 6.54 Å². The number of phenols is 1. The van der Waals surface area contributed by atoms with Crippen LogP contribution in [0, 0.1) is 5.82 Å². The Morgan fingerprint density at radius 3 is 2.64 bits per heavy atom. The first kappa shape index (κ1) is 15.0. The number of nitrogens with zero attached hydrogens (tertiary/aromatic N) is 2. The molecule has 9 heteroatoms. The highest BCUT2D eigenvalue weighted by Gasteiger charge is 2.38. The Kier molecular flexibility index (Phi) is 3.48. The normalized spacial score (nSPS) is 21.4. The quantitative estimate of drug-likeness (QED) is 0.741. The van der Waals surface area contributed by atoms with E-state index >= 15 is 0 Å². The zero-order chi connectivity index (χ0) is 16.1. The summed E-state index contributed by atoms with van der Waals surface area (Å²) in [6.45, 7) is 0.830. The van der Waals surface area contributed by atoms with Crippen molar-refractivity contribution in [3.05, 3.63) is 23.0 Å². The van der Waals surface area contributed by atoms with Crippen LogP contribution in [0.3, 0.4) is 0 Å². The van der Waals surface area contributed by atoms with Crippen molar-refractivity contribution < 1.29 is 22.7 Å². The Bertz CT molecular complexity index is 750. The zero-order valence-corrected chi connectivity index (χ0v) is 12.8. The highest BCUT2D eigenvalue weighted by atomic mass is 32.2. The molecule has 0 bridgehead atoms. The molecule has 0 unspecified atom stereocenters. The van der Waals surface area contributed by atoms with Gasteiger partial charge in [0.25, 0.3) is 5.91 Å². The van der Waals surface area contributed by atoms with Gasteiger partial charge in [-0.3, -0.25) is 4.79 Å². The molecule has 2 N–H and O–H groups in total. The van der Waals surface area contributed by atoms with Crippen LogP contribution in [0.15, 0.2) is 6.07 Å². The largest absolute Gasteiger partial charge is 0.506 e. The Hall–Kier alpha value is -1.87. The maximum absolute atomic E-state index is 14.8. The maximum atomic E-state index is 14.8. The summed E-state index contributed by atoms with van der Waals surface area (Å²) in [7, 11) is -2.24. The number of anilines is 1. The van der Waals surface area contributed by atoms with Gasteiger partial charge in [0.2, 0.25) is 0 Å². The predicted octanol–water partition coefficient (Wildman–Crippen LogP) is -0.257. The molecule has 0 spiro atoms. The summed E-state index contributed by atoms with van der Waals surface area (Å²) in [5.74, 6) is -2.00. The van der Waals surface area contributed by atoms with Gasteiger partial charge in [0.05, 0.1) is 0 Å². The fourth-order valence-corrected chi connectivity index (χ4v) is 3.98. The molecule has 2 heterocycles. The maximum Gasteiger partial charge on any atom is 0.326 e. The van der Waals surface area contributed by atoms with Gasteiger partial charge in [0.1, 0.15) is 18.0 Å². The van der Waals surface area contributed by atoms with Crippen molar-refractivity contribution in [3.8, 4) is 5.75 Å². The molecule has 0 saturated carbocycles. The lowest BCUT2D eigenvalue weighted by Gasteiger charge is -2.20. The molecular weight excluding hydrogens is 313 g/mol. The van der Waals surface area contributed by atoms with Crippen LogP contribution in [0.2, 0.25) is 0 Å². The molecule has 3 rings (SSSR count). The fourth-order valence-electron chi connectivity index (χ4n) is 2.82. The van der Waals surface area contributed by atoms with Crippen LogP contribution in [0.4, 0.5) is 10.1 Å². The van der Waals surface area contributed by atoms with Crippen LogP contribution < -0.4 is 9.03 Å². The highest BCUT2D eigenvalue weighted by Crippen LogP contribution is 2.38. The molecule has 7 nitrogen and oxygen atoms in total. The van der Waals surface area contributed by atoms with Crippen LogP contribution in [-0.2, 0) is 27.8 Å². The van der Waals surface area contributed by atoms with Crippen molar-refractivity contribution in [2.45, 2.75) is 12.8 Å². The SMILES string of the molecule is CN1CCc2cc(O)c(N3CC(=O)NS3(=O)=O)c(F)c2CC1. The summed E-state index contributed by atoms with van der Waals surface area (Å²) in [6, 6.07) is 1.39. The molecule has 1 amide bonds. The molecule has 1 fully saturated rings. The highest BCUT2D eigenvalue weighted by molar-refractivity contribution is 7.92. The van der Waals surface area contributed by atoms with E-state index in [1.54, 1.807) is 4.72 Å². The van der Waals surface area contributed by atoms with Gasteiger partial charge in [-0.1, -0.05) is 0 Å². The van der Waals surface area contributed by atoms with Crippen molar-refractivity contribution in [2.75, 3.05) is 31.0 Å². The van der Waals surface area contributed by atoms with Crippen LogP contribution >= 0.6 is 0 Å². The third-order valence-electron chi connectivity index (χ3n) is 3.99. The number of amides is 1. The van der Waals surface area contributed by atoms with Crippen molar-refractivity contribution >= 4 is 21.8 Å². The minimum Gasteiger partial charge on any atom is -0.506 e. The number of likely N-dealkylation sites (N-methyl/N-ethyl adjacent to an activating group) is 1. The molecule has 0 radical (unpaired) electrons. The second kappa shape index (κ2) is 5.10. The number of hydrogen-bond donors (Lipinski definition) is 2. The first-order valence-corrected chi connectivity index (χ1v) is 8.28. The van der Waals surface area contributed by atoms with Gasteiger partial charge in [0.15, 0.2) is 5.82 Å². The molecule has 0 aromatic heterocycles. The minimum absolute atomic E-state index is 0.395. The molecule has 2 aliphatic rings. The van der Waals surface area contributed by atoms with E-state index in [2.05, 4.69) is 0 Å². The van der Waals surface area contributed by atoms with Crippen LogP contribution in [0.1, 0.15) is 11.1 Å². The van der Waals surface area contributed by atoms with Gasteiger partial charge in [-0.25, -0.2) is 13.4 Å². The summed E-state index contributed by atoms with van der Waals surface area (Å²) >= 11 is 0. The second-order valence-electron chi connectivity index (χ2n) is 5.54. The third kappa shape index (κ3) is 2.40. The van der Waals surface area contributed by atoms with E-state index in [1.165, 1.54) is 6.07 Å². The van der Waals surface area contributed by atoms with E-state index < -0.39 is 39.9 Å².